The minimum absolute atomic E-state index is 0.585. The van der Waals surface area contributed by atoms with Crippen molar-refractivity contribution in [2.75, 3.05) is 13.1 Å². The molecule has 0 bridgehead atoms. The summed E-state index contributed by atoms with van der Waals surface area (Å²) in [6.45, 7) is 6.15. The first kappa shape index (κ1) is 19.8. The van der Waals surface area contributed by atoms with E-state index < -0.39 is 15.4 Å². The van der Waals surface area contributed by atoms with Crippen LogP contribution in [-0.4, -0.2) is 49.3 Å². The molecule has 8 heteroatoms. The molecule has 0 unspecified atom stereocenters. The Hall–Kier alpha value is -0.274. The number of amidine groups is 1. The molecule has 1 aliphatic rings. The number of piperidine rings is 1. The number of hydrogen-bond acceptors (Lipinski definition) is 4. The Morgan fingerprint density at radius 2 is 1.95 bits per heavy atom. The molecule has 0 atom stereocenters. The topological polar surface area (TPSA) is 40.9 Å². The van der Waals surface area contributed by atoms with Crippen molar-refractivity contribution < 1.29 is 0 Å². The van der Waals surface area contributed by atoms with Crippen molar-refractivity contribution in [1.29, 1.82) is 0 Å². The molecule has 1 aromatic rings. The monoisotopic (exact) mass is 414 g/mol. The average molecular weight is 416 g/mol. The molecule has 2 heterocycles. The third kappa shape index (κ3) is 7.33. The van der Waals surface area contributed by atoms with Gasteiger partial charge in [0.2, 0.25) is 0 Å². The number of aromatic nitrogens is 1. The van der Waals surface area contributed by atoms with E-state index in [1.54, 1.807) is 6.20 Å². The second-order valence-corrected chi connectivity index (χ2v) is 9.17. The van der Waals surface area contributed by atoms with Crippen molar-refractivity contribution in [3.05, 3.63) is 30.1 Å². The Balaban J connectivity index is 0.000000745. The van der Waals surface area contributed by atoms with Gasteiger partial charge in [-0.15, -0.1) is 0 Å². The first-order valence-electron chi connectivity index (χ1n) is 7.06. The van der Waals surface area contributed by atoms with Crippen LogP contribution >= 0.6 is 19.3 Å². The SMILES string of the molecule is C/C(=N\N=C(/[S-])N1CCC(C)CC1)c1ccccn1.[Cl][Ga-][Cl]. The normalized spacial score (nSPS) is 17.0. The van der Waals surface area contributed by atoms with E-state index in [4.69, 9.17) is 31.9 Å². The van der Waals surface area contributed by atoms with E-state index in [9.17, 15) is 0 Å². The molecule has 0 spiro atoms. The number of pyridine rings is 1. The fourth-order valence-electron chi connectivity index (χ4n) is 2.01. The van der Waals surface area contributed by atoms with Gasteiger partial charge in [0.15, 0.2) is 0 Å². The summed E-state index contributed by atoms with van der Waals surface area (Å²) in [4.78, 5) is 6.36. The van der Waals surface area contributed by atoms with E-state index in [2.05, 4.69) is 27.0 Å². The fraction of sp³-hybridized carbons (Fsp3) is 0.500. The molecule has 1 aliphatic heterocycles. The molecule has 120 valence electrons. The van der Waals surface area contributed by atoms with Crippen LogP contribution in [0.5, 0.6) is 0 Å². The quantitative estimate of drug-likeness (QED) is 0.244. The van der Waals surface area contributed by atoms with E-state index >= 15 is 0 Å². The molecule has 1 saturated heterocycles. The van der Waals surface area contributed by atoms with Crippen molar-refractivity contribution in [2.24, 2.45) is 16.1 Å². The van der Waals surface area contributed by atoms with Crippen LogP contribution in [0, 0.1) is 5.92 Å². The molecule has 4 nitrogen and oxygen atoms in total. The molecule has 0 aromatic carbocycles. The van der Waals surface area contributed by atoms with Crippen LogP contribution < -0.4 is 0 Å². The maximum atomic E-state index is 5.31. The van der Waals surface area contributed by atoms with E-state index in [-0.39, 0.29) is 0 Å². The molecule has 1 fully saturated rings. The Kier molecular flexibility index (Phi) is 10.1. The summed E-state index contributed by atoms with van der Waals surface area (Å²) >= 11 is 4.57. The van der Waals surface area contributed by atoms with Crippen molar-refractivity contribution >= 4 is 58.2 Å². The molecular formula is C14H19Cl2GaN4S-2. The van der Waals surface area contributed by atoms with Crippen LogP contribution in [-0.2, 0) is 12.6 Å². The predicted octanol–water partition coefficient (Wildman–Crippen LogP) is 3.44. The second kappa shape index (κ2) is 11.3. The van der Waals surface area contributed by atoms with Crippen LogP contribution in [0.15, 0.2) is 34.6 Å². The van der Waals surface area contributed by atoms with Crippen LogP contribution in [0.3, 0.4) is 0 Å². The molecule has 2 rings (SSSR count). The van der Waals surface area contributed by atoms with Crippen LogP contribution in [0.4, 0.5) is 0 Å². The number of rotatable bonds is 2. The Morgan fingerprint density at radius 3 is 2.50 bits per heavy atom. The average Bonchev–Trinajstić information content (AvgIpc) is 2.54. The Bertz CT molecular complexity index is 491. The summed E-state index contributed by atoms with van der Waals surface area (Å²) in [7, 11) is 9.84. The van der Waals surface area contributed by atoms with Gasteiger partial charge in [-0.25, -0.2) is 0 Å². The zero-order valence-electron chi connectivity index (χ0n) is 12.7. The van der Waals surface area contributed by atoms with Gasteiger partial charge in [0.25, 0.3) is 0 Å². The number of likely N-dealkylation sites (tertiary alicyclic amines) is 1. The van der Waals surface area contributed by atoms with E-state index in [1.807, 2.05) is 25.1 Å². The molecule has 22 heavy (non-hydrogen) atoms. The van der Waals surface area contributed by atoms with Crippen LogP contribution in [0.25, 0.3) is 0 Å². The maximum absolute atomic E-state index is 5.31. The molecule has 0 N–H and O–H groups in total. The predicted molar refractivity (Wildman–Crippen MR) is 98.7 cm³/mol. The van der Waals surface area contributed by atoms with E-state index in [0.717, 1.165) is 30.4 Å². The summed E-state index contributed by atoms with van der Waals surface area (Å²) in [5.41, 5.74) is 1.62. The number of nitrogens with zero attached hydrogens (tertiary/aromatic N) is 4. The summed E-state index contributed by atoms with van der Waals surface area (Å²) in [6, 6.07) is 5.74. The molecular weight excluding hydrogens is 397 g/mol. The van der Waals surface area contributed by atoms with Gasteiger partial charge in [-0.2, -0.15) is 10.2 Å². The van der Waals surface area contributed by atoms with Crippen molar-refractivity contribution in [2.45, 2.75) is 26.7 Å². The van der Waals surface area contributed by atoms with Crippen molar-refractivity contribution in [3.63, 3.8) is 0 Å². The van der Waals surface area contributed by atoms with Crippen LogP contribution in [0.1, 0.15) is 32.4 Å². The van der Waals surface area contributed by atoms with E-state index in [1.165, 1.54) is 12.8 Å². The van der Waals surface area contributed by atoms with Crippen molar-refractivity contribution in [3.8, 4) is 0 Å². The van der Waals surface area contributed by atoms with Gasteiger partial charge >= 0.3 is 34.7 Å². The summed E-state index contributed by atoms with van der Waals surface area (Å²) in [5.74, 6) is 0.790. The molecule has 0 saturated carbocycles. The summed E-state index contributed by atoms with van der Waals surface area (Å²) < 4.78 is 0. The summed E-state index contributed by atoms with van der Waals surface area (Å²) in [6.07, 6.45) is 4.11. The Labute approximate surface area is 153 Å². The van der Waals surface area contributed by atoms with Gasteiger partial charge in [0.05, 0.1) is 11.4 Å². The zero-order chi connectivity index (χ0) is 16.4. The Morgan fingerprint density at radius 1 is 1.32 bits per heavy atom. The molecule has 2 radical (unpaired) electrons. The van der Waals surface area contributed by atoms with Gasteiger partial charge in [-0.3, -0.25) is 4.98 Å². The van der Waals surface area contributed by atoms with Gasteiger partial charge in [0.1, 0.15) is 0 Å². The van der Waals surface area contributed by atoms with Gasteiger partial charge in [-0.05, 0) is 37.8 Å². The molecule has 0 amide bonds. The standard InChI is InChI=1S/C14H20N4S.2ClH.Ga/c1-11-6-9-18(10-7-11)14(19)17-16-12(2)13-5-3-4-8-15-13;;;/h3-5,8,11H,6-7,9-10H2,1-2H3,(H,17,19);2*1H;/q;;;+1/p-3/b16-12+;;;. The first-order valence-corrected chi connectivity index (χ1v) is 13.8. The number of halogens is 2. The van der Waals surface area contributed by atoms with Crippen LogP contribution in [0.2, 0.25) is 0 Å². The first-order chi connectivity index (χ1) is 10.6. The molecule has 1 aromatic heterocycles. The third-order valence-electron chi connectivity index (χ3n) is 3.38. The van der Waals surface area contributed by atoms with Gasteiger partial charge in [-0.1, -0.05) is 13.0 Å². The fourth-order valence-corrected chi connectivity index (χ4v) is 2.23. The third-order valence-corrected chi connectivity index (χ3v) is 3.72. The second-order valence-electron chi connectivity index (χ2n) is 5.04. The summed E-state index contributed by atoms with van der Waals surface area (Å²) in [5, 5.41) is 8.92. The zero-order valence-corrected chi connectivity index (χ0v) is 17.5. The minimum atomic E-state index is -0.743. The molecule has 0 aliphatic carbocycles. The van der Waals surface area contributed by atoms with Crippen molar-refractivity contribution in [1.82, 2.24) is 9.88 Å². The number of hydrogen-bond donors (Lipinski definition) is 0. The van der Waals surface area contributed by atoms with Gasteiger partial charge in [0, 0.05) is 24.5 Å². The van der Waals surface area contributed by atoms with E-state index in [0.29, 0.717) is 5.17 Å². The van der Waals surface area contributed by atoms with Gasteiger partial charge < -0.3 is 17.5 Å².